The molecule has 2 heterocycles. The molecule has 1 aromatic heterocycles. The number of rotatable bonds is 8. The summed E-state index contributed by atoms with van der Waals surface area (Å²) in [6.45, 7) is 3.44. The van der Waals surface area contributed by atoms with Gasteiger partial charge in [0, 0.05) is 38.7 Å². The van der Waals surface area contributed by atoms with Gasteiger partial charge in [-0.15, -0.1) is 0 Å². The molecule has 0 N–H and O–H groups in total. The van der Waals surface area contributed by atoms with Crippen LogP contribution in [0.5, 0.6) is 0 Å². The number of nitrogens with zero attached hydrogens (tertiary/aromatic N) is 5. The van der Waals surface area contributed by atoms with Crippen LogP contribution in [0.25, 0.3) is 0 Å². The molecule has 0 saturated carbocycles. The number of aromatic nitrogens is 3. The lowest BCUT2D eigenvalue weighted by atomic mass is 9.97. The number of nitro groups is 1. The van der Waals surface area contributed by atoms with Gasteiger partial charge in [-0.25, -0.2) is 17.9 Å². The molecule has 1 fully saturated rings. The first-order valence-corrected chi connectivity index (χ1v) is 11.1. The summed E-state index contributed by atoms with van der Waals surface area (Å²) in [5, 5.41) is 15.7. The van der Waals surface area contributed by atoms with Crippen molar-refractivity contribution in [2.75, 3.05) is 26.8 Å². The van der Waals surface area contributed by atoms with Gasteiger partial charge in [0.1, 0.15) is 5.82 Å². The molecule has 0 atom stereocenters. The number of sulfonamides is 1. The van der Waals surface area contributed by atoms with Crippen molar-refractivity contribution < 1.29 is 18.1 Å². The van der Waals surface area contributed by atoms with E-state index in [-0.39, 0.29) is 29.6 Å². The number of ether oxygens (including phenoxy) is 1. The van der Waals surface area contributed by atoms with Crippen LogP contribution >= 0.6 is 0 Å². The molecule has 11 nitrogen and oxygen atoms in total. The predicted octanol–water partition coefficient (Wildman–Crippen LogP) is 1.19. The summed E-state index contributed by atoms with van der Waals surface area (Å²) in [4.78, 5) is 22.8. The Morgan fingerprint density at radius 3 is 2.53 bits per heavy atom. The Morgan fingerprint density at radius 1 is 1.27 bits per heavy atom. The van der Waals surface area contributed by atoms with E-state index in [1.165, 1.54) is 33.3 Å². The van der Waals surface area contributed by atoms with Gasteiger partial charge in [0.25, 0.3) is 5.69 Å². The molecule has 0 unspecified atom stereocenters. The summed E-state index contributed by atoms with van der Waals surface area (Å²) < 4.78 is 35.2. The second kappa shape index (κ2) is 9.06. The second-order valence-corrected chi connectivity index (χ2v) is 8.91. The lowest BCUT2D eigenvalue weighted by Gasteiger charge is -2.30. The van der Waals surface area contributed by atoms with Crippen LogP contribution in [0.3, 0.4) is 0 Å². The molecule has 0 aliphatic carbocycles. The molecule has 0 radical (unpaired) electrons. The van der Waals surface area contributed by atoms with Crippen LogP contribution in [-0.2, 0) is 27.8 Å². The van der Waals surface area contributed by atoms with Crippen LogP contribution in [-0.4, -0.2) is 58.8 Å². The molecule has 1 aromatic carbocycles. The van der Waals surface area contributed by atoms with Crippen LogP contribution in [0.2, 0.25) is 0 Å². The Hall–Kier alpha value is -2.57. The van der Waals surface area contributed by atoms with Crippen molar-refractivity contribution in [2.24, 2.45) is 0 Å². The van der Waals surface area contributed by atoms with E-state index in [4.69, 9.17) is 4.74 Å². The Kier molecular flexibility index (Phi) is 6.68. The summed E-state index contributed by atoms with van der Waals surface area (Å²) in [7, 11) is -2.44. The maximum atomic E-state index is 13.0. The summed E-state index contributed by atoms with van der Waals surface area (Å²) in [5.41, 5.74) is -0.643. The molecule has 164 valence electrons. The molecular formula is C18H25N5O6S. The lowest BCUT2D eigenvalue weighted by molar-refractivity contribution is -0.387. The van der Waals surface area contributed by atoms with Gasteiger partial charge in [0.15, 0.2) is 4.90 Å². The monoisotopic (exact) mass is 439 g/mol. The Labute approximate surface area is 174 Å². The van der Waals surface area contributed by atoms with Gasteiger partial charge >= 0.3 is 5.69 Å². The molecule has 1 aliphatic rings. The standard InChI is InChI=1S/C18H25N5O6S/c1-3-21-17(19-22(18(21)24)12-13-29-2)14-8-10-20(11-9-14)30(27,28)16-7-5-4-6-15(16)23(25)26/h4-7,14H,3,8-13H2,1-2H3. The lowest BCUT2D eigenvalue weighted by Crippen LogP contribution is -2.38. The van der Waals surface area contributed by atoms with E-state index in [1.54, 1.807) is 11.7 Å². The number of benzene rings is 1. The molecular weight excluding hydrogens is 414 g/mol. The summed E-state index contributed by atoms with van der Waals surface area (Å²) in [6.07, 6.45) is 0.946. The van der Waals surface area contributed by atoms with E-state index < -0.39 is 20.6 Å². The third-order valence-corrected chi connectivity index (χ3v) is 7.22. The van der Waals surface area contributed by atoms with Gasteiger partial charge in [-0.3, -0.25) is 14.7 Å². The van der Waals surface area contributed by atoms with Gasteiger partial charge in [-0.2, -0.15) is 9.40 Å². The SMILES string of the molecule is CCn1c(C2CCN(S(=O)(=O)c3ccccc3[N+](=O)[O-])CC2)nn(CCOC)c1=O. The van der Waals surface area contributed by atoms with Gasteiger partial charge in [-0.1, -0.05) is 12.1 Å². The van der Waals surface area contributed by atoms with Crippen LogP contribution in [0, 0.1) is 10.1 Å². The first-order valence-electron chi connectivity index (χ1n) is 9.71. The minimum atomic E-state index is -3.99. The molecule has 0 amide bonds. The number of hydrogen-bond acceptors (Lipinski definition) is 7. The third-order valence-electron chi connectivity index (χ3n) is 5.27. The van der Waals surface area contributed by atoms with Crippen molar-refractivity contribution in [1.82, 2.24) is 18.7 Å². The van der Waals surface area contributed by atoms with Crippen molar-refractivity contribution in [3.05, 3.63) is 50.7 Å². The molecule has 0 bridgehead atoms. The number of para-hydroxylation sites is 1. The average Bonchev–Trinajstić information content (AvgIpc) is 3.07. The number of methoxy groups -OCH3 is 1. The van der Waals surface area contributed by atoms with E-state index in [0.29, 0.717) is 38.4 Å². The van der Waals surface area contributed by atoms with E-state index in [9.17, 15) is 23.3 Å². The average molecular weight is 439 g/mol. The number of hydrogen-bond donors (Lipinski definition) is 0. The maximum absolute atomic E-state index is 13.0. The van der Waals surface area contributed by atoms with Crippen molar-refractivity contribution in [2.45, 2.75) is 43.7 Å². The molecule has 0 spiro atoms. The Morgan fingerprint density at radius 2 is 1.93 bits per heavy atom. The summed E-state index contributed by atoms with van der Waals surface area (Å²) in [5.74, 6) is 0.569. The first-order chi connectivity index (χ1) is 14.3. The zero-order chi connectivity index (χ0) is 21.9. The maximum Gasteiger partial charge on any atom is 0.345 e. The summed E-state index contributed by atoms with van der Waals surface area (Å²) in [6, 6.07) is 5.35. The Bertz CT molecular complexity index is 1070. The van der Waals surface area contributed by atoms with E-state index in [2.05, 4.69) is 5.10 Å². The van der Waals surface area contributed by atoms with Crippen LogP contribution in [0.15, 0.2) is 34.0 Å². The second-order valence-electron chi connectivity index (χ2n) is 7.00. The highest BCUT2D eigenvalue weighted by atomic mass is 32.2. The van der Waals surface area contributed by atoms with Crippen molar-refractivity contribution in [1.29, 1.82) is 0 Å². The van der Waals surface area contributed by atoms with Crippen LogP contribution in [0.4, 0.5) is 5.69 Å². The van der Waals surface area contributed by atoms with Crippen molar-refractivity contribution >= 4 is 15.7 Å². The molecule has 12 heteroatoms. The topological polar surface area (TPSA) is 130 Å². The molecule has 3 rings (SSSR count). The van der Waals surface area contributed by atoms with Gasteiger partial charge in [-0.05, 0) is 25.8 Å². The van der Waals surface area contributed by atoms with E-state index in [0.717, 1.165) is 0 Å². The zero-order valence-corrected chi connectivity index (χ0v) is 17.7. The van der Waals surface area contributed by atoms with Gasteiger partial charge < -0.3 is 4.74 Å². The van der Waals surface area contributed by atoms with E-state index >= 15 is 0 Å². The third kappa shape index (κ3) is 4.16. The molecule has 30 heavy (non-hydrogen) atoms. The van der Waals surface area contributed by atoms with Crippen molar-refractivity contribution in [3.8, 4) is 0 Å². The first kappa shape index (κ1) is 22.1. The normalized spacial score (nSPS) is 16.1. The number of piperidine rings is 1. The molecule has 1 aliphatic heterocycles. The highest BCUT2D eigenvalue weighted by molar-refractivity contribution is 7.89. The largest absolute Gasteiger partial charge is 0.383 e. The fourth-order valence-corrected chi connectivity index (χ4v) is 5.33. The van der Waals surface area contributed by atoms with Crippen molar-refractivity contribution in [3.63, 3.8) is 0 Å². The van der Waals surface area contributed by atoms with Crippen LogP contribution in [0.1, 0.15) is 31.5 Å². The minimum Gasteiger partial charge on any atom is -0.383 e. The molecule has 2 aromatic rings. The van der Waals surface area contributed by atoms with Gasteiger partial charge in [0.2, 0.25) is 10.0 Å². The van der Waals surface area contributed by atoms with Gasteiger partial charge in [0.05, 0.1) is 18.1 Å². The fraction of sp³-hybridized carbons (Fsp3) is 0.556. The zero-order valence-electron chi connectivity index (χ0n) is 16.9. The minimum absolute atomic E-state index is 0.0707. The van der Waals surface area contributed by atoms with E-state index in [1.807, 2.05) is 6.92 Å². The Balaban J connectivity index is 1.80. The van der Waals surface area contributed by atoms with Crippen LogP contribution < -0.4 is 5.69 Å². The highest BCUT2D eigenvalue weighted by Gasteiger charge is 2.35. The highest BCUT2D eigenvalue weighted by Crippen LogP contribution is 2.32. The molecule has 1 saturated heterocycles. The predicted molar refractivity (Wildman–Crippen MR) is 108 cm³/mol. The fourth-order valence-electron chi connectivity index (χ4n) is 3.70. The number of nitro benzene ring substituents is 1. The quantitative estimate of drug-likeness (QED) is 0.446. The summed E-state index contributed by atoms with van der Waals surface area (Å²) >= 11 is 0. The smallest absolute Gasteiger partial charge is 0.345 e.